The number of benzene rings is 1. The van der Waals surface area contributed by atoms with Crippen molar-refractivity contribution in [3.63, 3.8) is 0 Å². The third kappa shape index (κ3) is 2.38. The highest BCUT2D eigenvalue weighted by molar-refractivity contribution is 14.1. The molecule has 4 rings (SSSR count). The molecular weight excluding hydrogens is 411 g/mol. The van der Waals surface area contributed by atoms with E-state index in [0.717, 1.165) is 0 Å². The number of hydrogen-bond acceptors (Lipinski definition) is 1. The third-order valence-corrected chi connectivity index (χ3v) is 5.92. The molecule has 120 valence electrons. The maximum absolute atomic E-state index is 14.3. The number of hydrogen-bond donors (Lipinski definition) is 1. The largest absolute Gasteiger partial charge is 0.383 e. The van der Waals surface area contributed by atoms with Gasteiger partial charge in [-0.3, -0.25) is 0 Å². The highest BCUT2D eigenvalue weighted by Crippen LogP contribution is 2.58. The molecule has 0 amide bonds. The molecule has 0 radical (unpaired) electrons. The van der Waals surface area contributed by atoms with Gasteiger partial charge in [-0.15, -0.1) is 0 Å². The van der Waals surface area contributed by atoms with Crippen LogP contribution in [0.25, 0.3) is 0 Å². The molecular formula is C16H15F4IO. The first-order valence-electron chi connectivity index (χ1n) is 7.20. The van der Waals surface area contributed by atoms with E-state index in [9.17, 15) is 22.7 Å². The zero-order chi connectivity index (χ0) is 16.1. The predicted molar refractivity (Wildman–Crippen MR) is 82.5 cm³/mol. The summed E-state index contributed by atoms with van der Waals surface area (Å²) in [7, 11) is 0. The van der Waals surface area contributed by atoms with Crippen molar-refractivity contribution in [1.29, 1.82) is 0 Å². The second kappa shape index (κ2) is 5.47. The summed E-state index contributed by atoms with van der Waals surface area (Å²) in [5, 5.41) is 9.98. The molecule has 1 N–H and O–H groups in total. The lowest BCUT2D eigenvalue weighted by molar-refractivity contribution is -0.0498. The fourth-order valence-corrected chi connectivity index (χ4v) is 3.93. The number of aliphatic hydroxyl groups is 1. The SMILES string of the molecule is OC12CCC(CCc3ccc(I)c(F)c3F)(CC1)C(F)=C2F. The van der Waals surface area contributed by atoms with E-state index < -0.39 is 34.3 Å². The first-order chi connectivity index (χ1) is 10.3. The van der Waals surface area contributed by atoms with Crippen LogP contribution in [-0.4, -0.2) is 10.7 Å². The molecule has 3 aliphatic rings. The Morgan fingerprint density at radius 2 is 1.59 bits per heavy atom. The topological polar surface area (TPSA) is 20.2 Å². The summed E-state index contributed by atoms with van der Waals surface area (Å²) in [4.78, 5) is 0. The number of rotatable bonds is 3. The van der Waals surface area contributed by atoms with Crippen molar-refractivity contribution in [3.8, 4) is 0 Å². The lowest BCUT2D eigenvalue weighted by atomic mass is 9.60. The zero-order valence-electron chi connectivity index (χ0n) is 11.7. The maximum Gasteiger partial charge on any atom is 0.172 e. The van der Waals surface area contributed by atoms with Gasteiger partial charge in [-0.25, -0.2) is 17.6 Å². The van der Waals surface area contributed by atoms with E-state index in [4.69, 9.17) is 0 Å². The average Bonchev–Trinajstić information content (AvgIpc) is 2.51. The molecule has 1 aromatic rings. The molecule has 1 aromatic carbocycles. The van der Waals surface area contributed by atoms with Crippen LogP contribution >= 0.6 is 22.6 Å². The minimum absolute atomic E-state index is 0.138. The molecule has 3 aliphatic carbocycles. The molecule has 1 saturated carbocycles. The minimum atomic E-state index is -1.66. The van der Waals surface area contributed by atoms with Gasteiger partial charge in [0.15, 0.2) is 17.5 Å². The Balaban J connectivity index is 1.84. The maximum atomic E-state index is 14.3. The van der Waals surface area contributed by atoms with Gasteiger partial charge in [0.1, 0.15) is 11.4 Å². The summed E-state index contributed by atoms with van der Waals surface area (Å²) in [6, 6.07) is 2.95. The highest BCUT2D eigenvalue weighted by Gasteiger charge is 2.54. The molecule has 0 aromatic heterocycles. The molecule has 1 fully saturated rings. The van der Waals surface area contributed by atoms with Gasteiger partial charge in [-0.1, -0.05) is 6.07 Å². The fraction of sp³-hybridized carbons (Fsp3) is 0.500. The van der Waals surface area contributed by atoms with E-state index in [2.05, 4.69) is 0 Å². The molecule has 0 atom stereocenters. The van der Waals surface area contributed by atoms with Crippen molar-refractivity contribution in [2.24, 2.45) is 5.41 Å². The molecule has 6 heteroatoms. The number of allylic oxidation sites excluding steroid dienone is 1. The first kappa shape index (κ1) is 16.2. The van der Waals surface area contributed by atoms with E-state index in [1.807, 2.05) is 0 Å². The normalized spacial score (nSPS) is 31.0. The molecule has 0 spiro atoms. The number of aryl methyl sites for hydroxylation is 1. The van der Waals surface area contributed by atoms with Crippen molar-refractivity contribution < 1.29 is 22.7 Å². The Kier molecular flexibility index (Phi) is 4.04. The fourth-order valence-electron chi connectivity index (χ4n) is 3.51. The molecule has 22 heavy (non-hydrogen) atoms. The molecule has 0 heterocycles. The van der Waals surface area contributed by atoms with E-state index >= 15 is 0 Å². The second-order valence-electron chi connectivity index (χ2n) is 6.27. The van der Waals surface area contributed by atoms with Crippen molar-refractivity contribution in [1.82, 2.24) is 0 Å². The van der Waals surface area contributed by atoms with Gasteiger partial charge < -0.3 is 5.11 Å². The molecule has 0 saturated heterocycles. The van der Waals surface area contributed by atoms with Crippen LogP contribution in [0.4, 0.5) is 17.6 Å². The second-order valence-corrected chi connectivity index (χ2v) is 7.44. The first-order valence-corrected chi connectivity index (χ1v) is 8.28. The van der Waals surface area contributed by atoms with Crippen molar-refractivity contribution in [3.05, 3.63) is 44.6 Å². The molecule has 1 nitrogen and oxygen atoms in total. The van der Waals surface area contributed by atoms with E-state index in [0.29, 0.717) is 12.8 Å². The Morgan fingerprint density at radius 3 is 2.23 bits per heavy atom. The van der Waals surface area contributed by atoms with Crippen LogP contribution in [0.2, 0.25) is 0 Å². The Hall–Kier alpha value is -0.630. The van der Waals surface area contributed by atoms with Gasteiger partial charge in [-0.2, -0.15) is 0 Å². The van der Waals surface area contributed by atoms with Crippen LogP contribution in [0, 0.1) is 20.6 Å². The van der Waals surface area contributed by atoms with Crippen LogP contribution < -0.4 is 0 Å². The van der Waals surface area contributed by atoms with E-state index in [1.165, 1.54) is 12.1 Å². The monoisotopic (exact) mass is 426 g/mol. The molecule has 0 aliphatic heterocycles. The smallest absolute Gasteiger partial charge is 0.172 e. The predicted octanol–water partition coefficient (Wildman–Crippen LogP) is 4.96. The minimum Gasteiger partial charge on any atom is -0.383 e. The van der Waals surface area contributed by atoms with Crippen LogP contribution in [0.3, 0.4) is 0 Å². The third-order valence-electron chi connectivity index (χ3n) is 5.09. The van der Waals surface area contributed by atoms with Crippen LogP contribution in [0.5, 0.6) is 0 Å². The van der Waals surface area contributed by atoms with Crippen LogP contribution in [-0.2, 0) is 6.42 Å². The summed E-state index contributed by atoms with van der Waals surface area (Å²) in [5.41, 5.74) is -2.47. The van der Waals surface area contributed by atoms with Gasteiger partial charge in [0.2, 0.25) is 0 Å². The Bertz CT molecular complexity index is 648. The van der Waals surface area contributed by atoms with Gasteiger partial charge in [0, 0.05) is 5.41 Å². The van der Waals surface area contributed by atoms with Gasteiger partial charge in [-0.05, 0) is 72.7 Å². The van der Waals surface area contributed by atoms with Gasteiger partial charge in [0.25, 0.3) is 0 Å². The van der Waals surface area contributed by atoms with Crippen LogP contribution in [0.1, 0.15) is 37.7 Å². The number of halogens is 5. The molecule has 0 unspecified atom stereocenters. The highest BCUT2D eigenvalue weighted by atomic mass is 127. The van der Waals surface area contributed by atoms with Crippen molar-refractivity contribution in [2.45, 2.75) is 44.1 Å². The lowest BCUT2D eigenvalue weighted by Crippen LogP contribution is -2.46. The van der Waals surface area contributed by atoms with Gasteiger partial charge in [0.05, 0.1) is 3.57 Å². The lowest BCUT2D eigenvalue weighted by Gasteiger charge is -2.48. The zero-order valence-corrected chi connectivity index (χ0v) is 13.9. The summed E-state index contributed by atoms with van der Waals surface area (Å²) in [6.07, 6.45) is 1.36. The molecule has 2 bridgehead atoms. The Labute approximate surface area is 139 Å². The standard InChI is InChI=1S/C16H15F4IO/c17-11-9(1-2-10(21)12(11)18)3-4-15-5-7-16(22,8-6-15)14(20)13(15)19/h1-2,22H,3-8H2. The average molecular weight is 426 g/mol. The van der Waals surface area contributed by atoms with Crippen molar-refractivity contribution in [2.75, 3.05) is 0 Å². The summed E-state index contributed by atoms with van der Waals surface area (Å²) >= 11 is 1.70. The Morgan fingerprint density at radius 1 is 0.955 bits per heavy atom. The van der Waals surface area contributed by atoms with E-state index in [1.54, 1.807) is 22.6 Å². The summed E-state index contributed by atoms with van der Waals surface area (Å²) in [5.74, 6) is -3.80. The number of fused-ring (bicyclic) bond motifs is 2. The van der Waals surface area contributed by atoms with Crippen molar-refractivity contribution >= 4 is 22.6 Å². The van der Waals surface area contributed by atoms with Gasteiger partial charge >= 0.3 is 0 Å². The summed E-state index contributed by atoms with van der Waals surface area (Å²) < 4.78 is 55.9. The van der Waals surface area contributed by atoms with E-state index in [-0.39, 0.29) is 34.8 Å². The van der Waals surface area contributed by atoms with Crippen LogP contribution in [0.15, 0.2) is 23.8 Å². The summed E-state index contributed by atoms with van der Waals surface area (Å²) in [6.45, 7) is 0. The quantitative estimate of drug-likeness (QED) is 0.412.